The Morgan fingerprint density at radius 1 is 1.17 bits per heavy atom. The van der Waals surface area contributed by atoms with Gasteiger partial charge < -0.3 is 5.32 Å². The van der Waals surface area contributed by atoms with Crippen molar-refractivity contribution < 1.29 is 17.6 Å². The zero-order valence-electron chi connectivity index (χ0n) is 16.2. The third-order valence-corrected chi connectivity index (χ3v) is 5.38. The predicted octanol–water partition coefficient (Wildman–Crippen LogP) is 2.57. The first kappa shape index (κ1) is 21.3. The summed E-state index contributed by atoms with van der Waals surface area (Å²) in [4.78, 5) is 16.6. The molecule has 0 bridgehead atoms. The van der Waals surface area contributed by atoms with Gasteiger partial charge in [0.2, 0.25) is 15.8 Å². The van der Waals surface area contributed by atoms with E-state index >= 15 is 0 Å². The lowest BCUT2D eigenvalue weighted by Gasteiger charge is -2.07. The van der Waals surface area contributed by atoms with Gasteiger partial charge in [-0.1, -0.05) is 18.2 Å². The maximum Gasteiger partial charge on any atom is 0.295 e. The van der Waals surface area contributed by atoms with E-state index in [-0.39, 0.29) is 23.9 Å². The highest BCUT2D eigenvalue weighted by molar-refractivity contribution is 7.88. The minimum atomic E-state index is -3.46. The number of benzene rings is 2. The van der Waals surface area contributed by atoms with Crippen molar-refractivity contribution in [1.82, 2.24) is 19.5 Å². The van der Waals surface area contributed by atoms with Crippen molar-refractivity contribution in [2.24, 2.45) is 0 Å². The van der Waals surface area contributed by atoms with Gasteiger partial charge in [-0.15, -0.1) is 11.7 Å². The van der Waals surface area contributed by atoms with E-state index < -0.39 is 15.9 Å². The van der Waals surface area contributed by atoms with E-state index in [1.807, 2.05) is 0 Å². The van der Waals surface area contributed by atoms with E-state index in [4.69, 9.17) is 0 Å². The highest BCUT2D eigenvalue weighted by Gasteiger charge is 2.16. The molecule has 0 radical (unpaired) electrons. The Hall–Kier alpha value is -3.37. The molecule has 10 heteroatoms. The van der Waals surface area contributed by atoms with Crippen molar-refractivity contribution in [3.63, 3.8) is 0 Å². The van der Waals surface area contributed by atoms with Crippen LogP contribution in [0.5, 0.6) is 0 Å². The van der Waals surface area contributed by atoms with Gasteiger partial charge in [0.25, 0.3) is 5.91 Å². The molecule has 1 aromatic heterocycles. The van der Waals surface area contributed by atoms with Crippen molar-refractivity contribution in [2.45, 2.75) is 12.7 Å². The monoisotopic (exact) mass is 429 g/mol. The number of nitrogens with one attached hydrogen (secondary N) is 2. The third kappa shape index (κ3) is 5.37. The van der Waals surface area contributed by atoms with Gasteiger partial charge >= 0.3 is 0 Å². The summed E-state index contributed by atoms with van der Waals surface area (Å²) in [6.45, 7) is 5.31. The minimum Gasteiger partial charge on any atom is -0.319 e. The molecular formula is C20H20FN5O3S. The van der Waals surface area contributed by atoms with Crippen LogP contribution in [-0.2, 0) is 15.8 Å². The number of amides is 1. The number of aryl methyl sites for hydroxylation is 1. The first-order chi connectivity index (χ1) is 14.3. The normalized spacial score (nSPS) is 11.3. The van der Waals surface area contributed by atoms with Crippen molar-refractivity contribution in [3.05, 3.63) is 84.2 Å². The largest absolute Gasteiger partial charge is 0.319 e. The van der Waals surface area contributed by atoms with Gasteiger partial charge in [0, 0.05) is 12.2 Å². The number of aromatic nitrogens is 3. The third-order valence-electron chi connectivity index (χ3n) is 4.06. The molecule has 0 saturated heterocycles. The zero-order chi connectivity index (χ0) is 21.7. The molecule has 2 aromatic carbocycles. The Labute approximate surface area is 173 Å². The lowest BCUT2D eigenvalue weighted by atomic mass is 10.2. The fourth-order valence-electron chi connectivity index (χ4n) is 2.64. The van der Waals surface area contributed by atoms with Crippen LogP contribution in [0.3, 0.4) is 0 Å². The second-order valence-corrected chi connectivity index (χ2v) is 8.22. The molecule has 0 fully saturated rings. The minimum absolute atomic E-state index is 0.0443. The molecular weight excluding hydrogens is 409 g/mol. The van der Waals surface area contributed by atoms with Crippen LogP contribution in [0.15, 0.2) is 61.2 Å². The number of hydrogen-bond donors (Lipinski definition) is 2. The lowest BCUT2D eigenvalue weighted by Crippen LogP contribution is -2.25. The van der Waals surface area contributed by atoms with E-state index in [0.717, 1.165) is 0 Å². The molecule has 0 saturated carbocycles. The molecule has 0 spiro atoms. The Bertz CT molecular complexity index is 1160. The SMILES string of the molecule is C=CCNS(=O)(=O)Cc1ccc(NC(=O)c2nc(C)n(-c3ccc(F)cc3)n2)cc1. The molecule has 1 heterocycles. The van der Waals surface area contributed by atoms with E-state index in [0.29, 0.717) is 22.8 Å². The van der Waals surface area contributed by atoms with Crippen LogP contribution in [0.25, 0.3) is 5.69 Å². The molecule has 0 aliphatic carbocycles. The summed E-state index contributed by atoms with van der Waals surface area (Å²) in [6, 6.07) is 12.1. The summed E-state index contributed by atoms with van der Waals surface area (Å²) >= 11 is 0. The summed E-state index contributed by atoms with van der Waals surface area (Å²) in [7, 11) is -3.46. The molecule has 0 atom stereocenters. The highest BCUT2D eigenvalue weighted by Crippen LogP contribution is 2.14. The second-order valence-electron chi connectivity index (χ2n) is 6.42. The number of hydrogen-bond acceptors (Lipinski definition) is 5. The average molecular weight is 429 g/mol. The van der Waals surface area contributed by atoms with Crippen molar-refractivity contribution in [2.75, 3.05) is 11.9 Å². The quantitative estimate of drug-likeness (QED) is 0.536. The van der Waals surface area contributed by atoms with Crippen LogP contribution in [0.2, 0.25) is 0 Å². The second kappa shape index (κ2) is 8.97. The first-order valence-electron chi connectivity index (χ1n) is 8.95. The molecule has 2 N–H and O–H groups in total. The molecule has 0 aliphatic heterocycles. The summed E-state index contributed by atoms with van der Waals surface area (Å²) in [5.41, 5.74) is 1.62. The number of carbonyl (C=O) groups excluding carboxylic acids is 1. The molecule has 0 aliphatic rings. The molecule has 156 valence electrons. The van der Waals surface area contributed by atoms with Crippen LogP contribution in [0.4, 0.5) is 10.1 Å². The van der Waals surface area contributed by atoms with Crippen molar-refractivity contribution >= 4 is 21.6 Å². The summed E-state index contributed by atoms with van der Waals surface area (Å²) < 4.78 is 40.8. The van der Waals surface area contributed by atoms with E-state index in [2.05, 4.69) is 26.7 Å². The van der Waals surface area contributed by atoms with Gasteiger partial charge in [-0.2, -0.15) is 0 Å². The Morgan fingerprint density at radius 3 is 2.47 bits per heavy atom. The van der Waals surface area contributed by atoms with Crippen LogP contribution in [0, 0.1) is 12.7 Å². The number of anilines is 1. The fourth-order valence-corrected chi connectivity index (χ4v) is 3.75. The van der Waals surface area contributed by atoms with Crippen LogP contribution in [0.1, 0.15) is 22.0 Å². The molecule has 8 nitrogen and oxygen atoms in total. The van der Waals surface area contributed by atoms with Gasteiger partial charge in [0.1, 0.15) is 11.6 Å². The highest BCUT2D eigenvalue weighted by atomic mass is 32.2. The smallest absolute Gasteiger partial charge is 0.295 e. The number of rotatable bonds is 8. The van der Waals surface area contributed by atoms with E-state index in [1.165, 1.54) is 35.0 Å². The molecule has 0 unspecified atom stereocenters. The molecule has 3 rings (SSSR count). The average Bonchev–Trinajstić information content (AvgIpc) is 3.10. The molecule has 3 aromatic rings. The Morgan fingerprint density at radius 2 is 1.83 bits per heavy atom. The van der Waals surface area contributed by atoms with Crippen molar-refractivity contribution in [1.29, 1.82) is 0 Å². The fraction of sp³-hybridized carbons (Fsp3) is 0.150. The van der Waals surface area contributed by atoms with Gasteiger partial charge in [-0.3, -0.25) is 4.79 Å². The van der Waals surface area contributed by atoms with Gasteiger partial charge in [-0.05, 0) is 48.9 Å². The maximum atomic E-state index is 13.1. The summed E-state index contributed by atoms with van der Waals surface area (Å²) in [6.07, 6.45) is 1.46. The predicted molar refractivity (Wildman–Crippen MR) is 111 cm³/mol. The van der Waals surface area contributed by atoms with Crippen molar-refractivity contribution in [3.8, 4) is 5.69 Å². The van der Waals surface area contributed by atoms with Crippen LogP contribution < -0.4 is 10.0 Å². The Kier molecular flexibility index (Phi) is 6.38. The van der Waals surface area contributed by atoms with E-state index in [9.17, 15) is 17.6 Å². The zero-order valence-corrected chi connectivity index (χ0v) is 17.0. The summed E-state index contributed by atoms with van der Waals surface area (Å²) in [5, 5.41) is 6.84. The van der Waals surface area contributed by atoms with Crippen LogP contribution in [-0.4, -0.2) is 35.6 Å². The number of carbonyl (C=O) groups is 1. The standard InChI is InChI=1S/C20H20FN5O3S/c1-3-12-22-30(28,29)13-15-4-8-17(9-5-15)24-20(27)19-23-14(2)26(25-19)18-10-6-16(21)7-11-18/h3-11,22H,1,12-13H2,2H3,(H,24,27). The Balaban J connectivity index is 1.68. The lowest BCUT2D eigenvalue weighted by molar-refractivity contribution is 0.101. The molecule has 1 amide bonds. The van der Waals surface area contributed by atoms with Gasteiger partial charge in [0.15, 0.2) is 0 Å². The summed E-state index contributed by atoms with van der Waals surface area (Å²) in [5.74, 6) is -0.650. The molecule has 30 heavy (non-hydrogen) atoms. The number of nitrogens with zero attached hydrogens (tertiary/aromatic N) is 3. The maximum absolute atomic E-state index is 13.1. The first-order valence-corrected chi connectivity index (χ1v) is 10.6. The van der Waals surface area contributed by atoms with Gasteiger partial charge in [-0.25, -0.2) is 27.2 Å². The number of sulfonamides is 1. The topological polar surface area (TPSA) is 106 Å². The van der Waals surface area contributed by atoms with Crippen LogP contribution >= 0.6 is 0 Å². The van der Waals surface area contributed by atoms with Gasteiger partial charge in [0.05, 0.1) is 11.4 Å². The number of halogens is 1. The van der Waals surface area contributed by atoms with E-state index in [1.54, 1.807) is 31.2 Å².